The molecule has 18 heavy (non-hydrogen) atoms. The van der Waals surface area contributed by atoms with Crippen molar-refractivity contribution >= 4 is 17.2 Å². The SMILES string of the molecule is O=C(c1cnccn1)N1CCC[C@@H]1c1cccs1. The molecule has 0 radical (unpaired) electrons. The van der Waals surface area contributed by atoms with E-state index in [4.69, 9.17) is 0 Å². The standard InChI is InChI=1S/C13H13N3OS/c17-13(10-9-14-5-6-15-10)16-7-1-3-11(16)12-4-2-8-18-12/h2,4-6,8-9,11H,1,3,7H2/t11-/m1/s1. The molecular formula is C13H13N3OS. The molecule has 3 rings (SSSR count). The average Bonchev–Trinajstić information content (AvgIpc) is 3.09. The molecule has 0 unspecified atom stereocenters. The minimum absolute atomic E-state index is 0.0148. The average molecular weight is 259 g/mol. The number of hydrogen-bond donors (Lipinski definition) is 0. The minimum atomic E-state index is -0.0148. The van der Waals surface area contributed by atoms with Crippen LogP contribution in [0.1, 0.15) is 34.2 Å². The summed E-state index contributed by atoms with van der Waals surface area (Å²) in [6.07, 6.45) is 6.76. The van der Waals surface area contributed by atoms with Crippen LogP contribution in [-0.2, 0) is 0 Å². The van der Waals surface area contributed by atoms with Gasteiger partial charge in [-0.25, -0.2) is 4.98 Å². The van der Waals surface area contributed by atoms with Crippen molar-refractivity contribution in [3.8, 4) is 0 Å². The van der Waals surface area contributed by atoms with Gasteiger partial charge in [0.25, 0.3) is 5.91 Å². The van der Waals surface area contributed by atoms with Gasteiger partial charge in [-0.2, -0.15) is 0 Å². The zero-order valence-electron chi connectivity index (χ0n) is 9.82. The normalized spacial score (nSPS) is 19.1. The summed E-state index contributed by atoms with van der Waals surface area (Å²) in [6, 6.07) is 4.33. The van der Waals surface area contributed by atoms with Gasteiger partial charge in [0.15, 0.2) is 0 Å². The Bertz CT molecular complexity index is 526. The Labute approximate surface area is 109 Å². The van der Waals surface area contributed by atoms with Crippen LogP contribution in [0.3, 0.4) is 0 Å². The second-order valence-electron chi connectivity index (χ2n) is 4.26. The molecule has 1 fully saturated rings. The predicted molar refractivity (Wildman–Crippen MR) is 69.4 cm³/mol. The van der Waals surface area contributed by atoms with Crippen LogP contribution in [0.2, 0.25) is 0 Å². The largest absolute Gasteiger partial charge is 0.329 e. The van der Waals surface area contributed by atoms with Crippen LogP contribution >= 0.6 is 11.3 Å². The van der Waals surface area contributed by atoms with E-state index in [-0.39, 0.29) is 11.9 Å². The number of carbonyl (C=O) groups is 1. The highest BCUT2D eigenvalue weighted by atomic mass is 32.1. The monoisotopic (exact) mass is 259 g/mol. The summed E-state index contributed by atoms with van der Waals surface area (Å²) in [7, 11) is 0. The van der Waals surface area contributed by atoms with E-state index in [0.29, 0.717) is 5.69 Å². The Kier molecular flexibility index (Phi) is 3.06. The van der Waals surface area contributed by atoms with Gasteiger partial charge in [0.1, 0.15) is 5.69 Å². The topological polar surface area (TPSA) is 46.1 Å². The maximum Gasteiger partial charge on any atom is 0.274 e. The van der Waals surface area contributed by atoms with Gasteiger partial charge in [0.05, 0.1) is 12.2 Å². The molecule has 3 heterocycles. The van der Waals surface area contributed by atoms with Crippen LogP contribution in [0.25, 0.3) is 0 Å². The van der Waals surface area contributed by atoms with Crippen molar-refractivity contribution in [3.63, 3.8) is 0 Å². The minimum Gasteiger partial charge on any atom is -0.329 e. The fourth-order valence-corrected chi connectivity index (χ4v) is 3.22. The zero-order valence-corrected chi connectivity index (χ0v) is 10.6. The zero-order chi connectivity index (χ0) is 12.4. The lowest BCUT2D eigenvalue weighted by Crippen LogP contribution is -2.30. The second kappa shape index (κ2) is 4.86. The van der Waals surface area contributed by atoms with Gasteiger partial charge in [-0.05, 0) is 24.3 Å². The molecular weight excluding hydrogens is 246 g/mol. The predicted octanol–water partition coefficient (Wildman–Crippen LogP) is 2.52. The van der Waals surface area contributed by atoms with Gasteiger partial charge in [0.2, 0.25) is 0 Å². The first-order valence-corrected chi connectivity index (χ1v) is 6.84. The lowest BCUT2D eigenvalue weighted by molar-refractivity contribution is 0.0731. The number of aromatic nitrogens is 2. The fraction of sp³-hybridized carbons (Fsp3) is 0.308. The Morgan fingerprint density at radius 3 is 3.11 bits per heavy atom. The van der Waals surface area contributed by atoms with Crippen molar-refractivity contribution in [2.75, 3.05) is 6.54 Å². The molecule has 1 saturated heterocycles. The quantitative estimate of drug-likeness (QED) is 0.832. The maximum atomic E-state index is 12.4. The van der Waals surface area contributed by atoms with Gasteiger partial charge in [-0.3, -0.25) is 9.78 Å². The van der Waals surface area contributed by atoms with Crippen molar-refractivity contribution < 1.29 is 4.79 Å². The summed E-state index contributed by atoms with van der Waals surface area (Å²) < 4.78 is 0. The van der Waals surface area contributed by atoms with E-state index in [2.05, 4.69) is 21.4 Å². The Balaban J connectivity index is 1.85. The molecule has 0 spiro atoms. The molecule has 1 amide bonds. The smallest absolute Gasteiger partial charge is 0.274 e. The number of amides is 1. The molecule has 92 valence electrons. The van der Waals surface area contributed by atoms with Crippen LogP contribution in [-0.4, -0.2) is 27.3 Å². The van der Waals surface area contributed by atoms with E-state index >= 15 is 0 Å². The van der Waals surface area contributed by atoms with E-state index in [0.717, 1.165) is 19.4 Å². The third-order valence-corrected chi connectivity index (χ3v) is 4.14. The van der Waals surface area contributed by atoms with Crippen molar-refractivity contribution in [2.45, 2.75) is 18.9 Å². The summed E-state index contributed by atoms with van der Waals surface area (Å²) in [5.41, 5.74) is 0.431. The van der Waals surface area contributed by atoms with E-state index in [1.165, 1.54) is 11.1 Å². The first kappa shape index (κ1) is 11.3. The summed E-state index contributed by atoms with van der Waals surface area (Å²) in [6.45, 7) is 0.804. The molecule has 0 bridgehead atoms. The van der Waals surface area contributed by atoms with Gasteiger partial charge in [-0.1, -0.05) is 6.07 Å². The summed E-state index contributed by atoms with van der Waals surface area (Å²) in [5, 5.41) is 2.05. The number of thiophene rings is 1. The third-order valence-electron chi connectivity index (χ3n) is 3.17. The molecule has 0 aliphatic carbocycles. The van der Waals surface area contributed by atoms with E-state index < -0.39 is 0 Å². The van der Waals surface area contributed by atoms with Gasteiger partial charge in [-0.15, -0.1) is 11.3 Å². The van der Waals surface area contributed by atoms with Gasteiger partial charge < -0.3 is 4.90 Å². The molecule has 2 aromatic rings. The van der Waals surface area contributed by atoms with E-state index in [1.807, 2.05) is 11.0 Å². The van der Waals surface area contributed by atoms with Crippen molar-refractivity contribution in [1.29, 1.82) is 0 Å². The lowest BCUT2D eigenvalue weighted by Gasteiger charge is -2.23. The molecule has 0 saturated carbocycles. The molecule has 2 aromatic heterocycles. The molecule has 0 N–H and O–H groups in total. The van der Waals surface area contributed by atoms with Crippen LogP contribution in [0.4, 0.5) is 0 Å². The molecule has 4 nitrogen and oxygen atoms in total. The molecule has 1 aliphatic heterocycles. The number of nitrogens with zero attached hydrogens (tertiary/aromatic N) is 3. The molecule has 1 atom stereocenters. The Morgan fingerprint density at radius 2 is 2.39 bits per heavy atom. The second-order valence-corrected chi connectivity index (χ2v) is 5.24. The summed E-state index contributed by atoms with van der Waals surface area (Å²) >= 11 is 1.71. The molecule has 1 aliphatic rings. The molecule has 0 aromatic carbocycles. The van der Waals surface area contributed by atoms with E-state index in [1.54, 1.807) is 23.7 Å². The number of likely N-dealkylation sites (tertiary alicyclic amines) is 1. The summed E-state index contributed by atoms with van der Waals surface area (Å²) in [5.74, 6) is -0.0148. The van der Waals surface area contributed by atoms with Crippen molar-refractivity contribution in [3.05, 3.63) is 46.7 Å². The van der Waals surface area contributed by atoms with Crippen molar-refractivity contribution in [1.82, 2.24) is 14.9 Å². The fourth-order valence-electron chi connectivity index (χ4n) is 2.34. The maximum absolute atomic E-state index is 12.4. The Hall–Kier alpha value is -1.75. The van der Waals surface area contributed by atoms with Crippen molar-refractivity contribution in [2.24, 2.45) is 0 Å². The lowest BCUT2D eigenvalue weighted by atomic mass is 10.2. The van der Waals surface area contributed by atoms with Gasteiger partial charge in [0, 0.05) is 23.8 Å². The first-order valence-electron chi connectivity index (χ1n) is 5.96. The number of rotatable bonds is 2. The number of carbonyl (C=O) groups excluding carboxylic acids is 1. The highest BCUT2D eigenvalue weighted by Crippen LogP contribution is 2.35. The number of hydrogen-bond acceptors (Lipinski definition) is 4. The van der Waals surface area contributed by atoms with Crippen LogP contribution < -0.4 is 0 Å². The molecule has 5 heteroatoms. The van der Waals surface area contributed by atoms with Crippen LogP contribution in [0.5, 0.6) is 0 Å². The van der Waals surface area contributed by atoms with Crippen LogP contribution in [0.15, 0.2) is 36.1 Å². The Morgan fingerprint density at radius 1 is 1.44 bits per heavy atom. The van der Waals surface area contributed by atoms with E-state index in [9.17, 15) is 4.79 Å². The third kappa shape index (κ3) is 2.01. The van der Waals surface area contributed by atoms with Crippen LogP contribution in [0, 0.1) is 0 Å². The van der Waals surface area contributed by atoms with Gasteiger partial charge >= 0.3 is 0 Å². The first-order chi connectivity index (χ1) is 8.86. The highest BCUT2D eigenvalue weighted by molar-refractivity contribution is 7.10. The highest BCUT2D eigenvalue weighted by Gasteiger charge is 2.31. The summed E-state index contributed by atoms with van der Waals surface area (Å²) in [4.78, 5) is 23.6.